The Kier molecular flexibility index (Phi) is 4.57. The van der Waals surface area contributed by atoms with Crippen LogP contribution in [0.2, 0.25) is 10.0 Å². The molecule has 0 spiro atoms. The molecule has 23 heavy (non-hydrogen) atoms. The molecule has 3 aromatic rings. The van der Waals surface area contributed by atoms with Crippen LogP contribution in [0.25, 0.3) is 5.65 Å². The van der Waals surface area contributed by atoms with Gasteiger partial charge in [0.25, 0.3) is 0 Å². The van der Waals surface area contributed by atoms with Crippen LogP contribution in [0, 0.1) is 6.92 Å². The van der Waals surface area contributed by atoms with E-state index in [-0.39, 0.29) is 5.97 Å². The molecule has 8 heteroatoms. The van der Waals surface area contributed by atoms with Gasteiger partial charge in [-0.3, -0.25) is 0 Å². The lowest BCUT2D eigenvalue weighted by atomic mass is 10.3. The van der Waals surface area contributed by atoms with Gasteiger partial charge in [0.15, 0.2) is 5.65 Å². The third-order valence-electron chi connectivity index (χ3n) is 3.16. The van der Waals surface area contributed by atoms with Gasteiger partial charge in [-0.15, -0.1) is 11.3 Å². The molecule has 0 aromatic carbocycles. The molecule has 3 heterocycles. The summed E-state index contributed by atoms with van der Waals surface area (Å²) in [6, 6.07) is 1.65. The van der Waals surface area contributed by atoms with E-state index < -0.39 is 0 Å². The monoisotopic (exact) mass is 369 g/mol. The molecule has 0 bridgehead atoms. The molecule has 0 fully saturated rings. The maximum Gasteiger partial charge on any atom is 0.350 e. The Labute approximate surface area is 146 Å². The normalized spacial score (nSPS) is 11.1. The van der Waals surface area contributed by atoms with Gasteiger partial charge >= 0.3 is 5.97 Å². The van der Waals surface area contributed by atoms with Crippen molar-refractivity contribution in [3.05, 3.63) is 49.8 Å². The third kappa shape index (κ3) is 3.34. The second-order valence-corrected chi connectivity index (χ2v) is 6.82. The number of thiazole rings is 1. The highest BCUT2D eigenvalue weighted by atomic mass is 35.5. The molecule has 0 unspecified atom stereocenters. The highest BCUT2D eigenvalue weighted by molar-refractivity contribution is 7.13. The van der Waals surface area contributed by atoms with Gasteiger partial charge in [-0.1, -0.05) is 23.2 Å². The number of rotatable bonds is 4. The van der Waals surface area contributed by atoms with Crippen molar-refractivity contribution in [2.45, 2.75) is 20.3 Å². The summed E-state index contributed by atoms with van der Waals surface area (Å²) in [5, 5.41) is 1.84. The highest BCUT2D eigenvalue weighted by Gasteiger charge is 2.17. The number of hydrogen-bond acceptors (Lipinski definition) is 5. The molecule has 0 saturated heterocycles. The van der Waals surface area contributed by atoms with Crippen LogP contribution in [-0.4, -0.2) is 26.9 Å². The molecule has 120 valence electrons. The van der Waals surface area contributed by atoms with Crippen LogP contribution in [0.15, 0.2) is 18.5 Å². The zero-order chi connectivity index (χ0) is 16.6. The SMILES string of the molecule is CCOC(=O)c1sc(Cc2cn3cc(Cl)cc(Cl)c3n2)nc1C. The molecule has 0 N–H and O–H groups in total. The molecule has 3 aromatic heterocycles. The fourth-order valence-corrected chi connectivity index (χ4v) is 3.73. The largest absolute Gasteiger partial charge is 0.462 e. The van der Waals surface area contributed by atoms with Crippen molar-refractivity contribution in [3.8, 4) is 0 Å². The Hall–Kier alpha value is -1.63. The van der Waals surface area contributed by atoms with Gasteiger partial charge in [0.05, 0.1) is 33.0 Å². The number of carbonyl (C=O) groups excluding carboxylic acids is 1. The van der Waals surface area contributed by atoms with Crippen molar-refractivity contribution in [1.29, 1.82) is 0 Å². The van der Waals surface area contributed by atoms with E-state index in [0.717, 1.165) is 10.7 Å². The van der Waals surface area contributed by atoms with Crippen LogP contribution in [0.5, 0.6) is 0 Å². The topological polar surface area (TPSA) is 56.5 Å². The van der Waals surface area contributed by atoms with Crippen molar-refractivity contribution in [2.24, 2.45) is 0 Å². The summed E-state index contributed by atoms with van der Waals surface area (Å²) in [4.78, 5) is 21.3. The highest BCUT2D eigenvalue weighted by Crippen LogP contribution is 2.25. The molecule has 5 nitrogen and oxygen atoms in total. The van der Waals surface area contributed by atoms with Gasteiger partial charge < -0.3 is 9.14 Å². The van der Waals surface area contributed by atoms with E-state index in [1.165, 1.54) is 11.3 Å². The molecule has 0 aliphatic rings. The van der Waals surface area contributed by atoms with Crippen molar-refractivity contribution in [1.82, 2.24) is 14.4 Å². The molecule has 0 amide bonds. The van der Waals surface area contributed by atoms with Gasteiger partial charge in [0.2, 0.25) is 0 Å². The fourth-order valence-electron chi connectivity index (χ4n) is 2.23. The van der Waals surface area contributed by atoms with Crippen LogP contribution >= 0.6 is 34.5 Å². The summed E-state index contributed by atoms with van der Waals surface area (Å²) >= 11 is 13.5. The standard InChI is InChI=1S/C15H13Cl2N3O2S/c1-3-22-15(21)13-8(2)18-12(23-13)5-10-7-20-6-9(16)4-11(17)14(20)19-10/h4,6-7H,3,5H2,1-2H3. The summed E-state index contributed by atoms with van der Waals surface area (Å²) in [5.41, 5.74) is 2.12. The minimum absolute atomic E-state index is 0.335. The van der Waals surface area contributed by atoms with Crippen molar-refractivity contribution >= 4 is 46.2 Å². The number of halogens is 2. The first-order valence-electron chi connectivity index (χ1n) is 6.94. The molecule has 3 rings (SSSR count). The predicted molar refractivity (Wildman–Crippen MR) is 90.8 cm³/mol. The summed E-state index contributed by atoms with van der Waals surface area (Å²) in [6.07, 6.45) is 4.12. The lowest BCUT2D eigenvalue weighted by molar-refractivity contribution is 0.0531. The number of imidazole rings is 1. The van der Waals surface area contributed by atoms with Crippen LogP contribution in [0.4, 0.5) is 0 Å². The first kappa shape index (κ1) is 16.2. The van der Waals surface area contributed by atoms with E-state index in [1.54, 1.807) is 30.5 Å². The number of pyridine rings is 1. The van der Waals surface area contributed by atoms with Crippen molar-refractivity contribution in [3.63, 3.8) is 0 Å². The lowest BCUT2D eigenvalue weighted by Gasteiger charge is -1.97. The second-order valence-electron chi connectivity index (χ2n) is 4.89. The number of esters is 1. The number of ether oxygens (including phenoxy) is 1. The Bertz CT molecular complexity index is 888. The molecule has 0 radical (unpaired) electrons. The van der Waals surface area contributed by atoms with Gasteiger partial charge in [0.1, 0.15) is 4.88 Å². The Morgan fingerprint density at radius 1 is 1.35 bits per heavy atom. The summed E-state index contributed by atoms with van der Waals surface area (Å²) in [6.45, 7) is 3.92. The molecule has 0 atom stereocenters. The van der Waals surface area contributed by atoms with E-state index in [0.29, 0.717) is 39.3 Å². The Morgan fingerprint density at radius 3 is 2.87 bits per heavy atom. The van der Waals surface area contributed by atoms with Crippen LogP contribution in [0.1, 0.15) is 33.0 Å². The number of nitrogens with zero attached hydrogens (tertiary/aromatic N) is 3. The summed E-state index contributed by atoms with van der Waals surface area (Å²) in [7, 11) is 0. The predicted octanol–water partition coefficient (Wildman–Crippen LogP) is 4.17. The van der Waals surface area contributed by atoms with Gasteiger partial charge in [-0.2, -0.15) is 0 Å². The van der Waals surface area contributed by atoms with E-state index >= 15 is 0 Å². The van der Waals surface area contributed by atoms with Crippen LogP contribution < -0.4 is 0 Å². The first-order chi connectivity index (χ1) is 11.0. The lowest BCUT2D eigenvalue weighted by Crippen LogP contribution is -2.03. The average Bonchev–Trinajstić information content (AvgIpc) is 3.03. The summed E-state index contributed by atoms with van der Waals surface area (Å²) < 4.78 is 6.81. The number of aromatic nitrogens is 3. The maximum atomic E-state index is 11.9. The first-order valence-corrected chi connectivity index (χ1v) is 8.51. The molecular formula is C15H13Cl2N3O2S. The Morgan fingerprint density at radius 2 is 2.13 bits per heavy atom. The Balaban J connectivity index is 1.89. The third-order valence-corrected chi connectivity index (χ3v) is 4.78. The molecular weight excluding hydrogens is 357 g/mol. The molecule has 0 saturated carbocycles. The minimum atomic E-state index is -0.335. The zero-order valence-corrected chi connectivity index (χ0v) is 14.8. The van der Waals surface area contributed by atoms with E-state index in [1.807, 2.05) is 6.20 Å². The fraction of sp³-hybridized carbons (Fsp3) is 0.267. The number of fused-ring (bicyclic) bond motifs is 1. The molecule has 0 aliphatic carbocycles. The van der Waals surface area contributed by atoms with Gasteiger partial charge in [-0.25, -0.2) is 14.8 Å². The second kappa shape index (κ2) is 6.47. The number of aryl methyl sites for hydroxylation is 1. The molecule has 0 aliphatic heterocycles. The quantitative estimate of drug-likeness (QED) is 0.647. The number of carbonyl (C=O) groups is 1. The smallest absolute Gasteiger partial charge is 0.350 e. The van der Waals surface area contributed by atoms with Crippen LogP contribution in [-0.2, 0) is 11.2 Å². The van der Waals surface area contributed by atoms with Crippen LogP contribution in [0.3, 0.4) is 0 Å². The van der Waals surface area contributed by atoms with Crippen molar-refractivity contribution in [2.75, 3.05) is 6.61 Å². The average molecular weight is 370 g/mol. The van der Waals surface area contributed by atoms with Gasteiger partial charge in [-0.05, 0) is 19.9 Å². The van der Waals surface area contributed by atoms with E-state index in [4.69, 9.17) is 27.9 Å². The minimum Gasteiger partial charge on any atom is -0.462 e. The zero-order valence-electron chi connectivity index (χ0n) is 12.5. The van der Waals surface area contributed by atoms with Crippen molar-refractivity contribution < 1.29 is 9.53 Å². The maximum absolute atomic E-state index is 11.9. The van der Waals surface area contributed by atoms with E-state index in [9.17, 15) is 4.79 Å². The number of hydrogen-bond donors (Lipinski definition) is 0. The van der Waals surface area contributed by atoms with E-state index in [2.05, 4.69) is 9.97 Å². The summed E-state index contributed by atoms with van der Waals surface area (Å²) in [5.74, 6) is -0.335. The van der Waals surface area contributed by atoms with Gasteiger partial charge in [0, 0.05) is 18.8 Å².